The van der Waals surface area contributed by atoms with Gasteiger partial charge in [-0.25, -0.2) is 0 Å². The second-order valence-electron chi connectivity index (χ2n) is 6.19. The van der Waals surface area contributed by atoms with Crippen molar-refractivity contribution in [1.82, 2.24) is 0 Å². The van der Waals surface area contributed by atoms with Gasteiger partial charge >= 0.3 is 0 Å². The van der Waals surface area contributed by atoms with Gasteiger partial charge in [0.05, 0.1) is 12.7 Å². The van der Waals surface area contributed by atoms with Crippen molar-refractivity contribution >= 4 is 22.6 Å². The van der Waals surface area contributed by atoms with Crippen LogP contribution in [-0.4, -0.2) is 5.91 Å². The molecule has 0 radical (unpaired) electrons. The summed E-state index contributed by atoms with van der Waals surface area (Å²) in [4.78, 5) is 12.4. The number of carbonyl (C=O) groups excluding carboxylic acids is 1. The molecule has 1 aromatic heterocycles. The highest BCUT2D eigenvalue weighted by molar-refractivity contribution is 5.96. The number of carbonyl (C=O) groups is 1. The average Bonchev–Trinajstić information content (AvgIpc) is 2.86. The number of amides is 1. The summed E-state index contributed by atoms with van der Waals surface area (Å²) in [5, 5.41) is 4.05. The topological polar surface area (TPSA) is 42.2 Å². The molecule has 3 rings (SSSR count). The van der Waals surface area contributed by atoms with E-state index < -0.39 is 0 Å². The molecule has 3 nitrogen and oxygen atoms in total. The first-order chi connectivity index (χ1) is 11.0. The molecule has 3 heteroatoms. The van der Waals surface area contributed by atoms with Crippen molar-refractivity contribution in [2.24, 2.45) is 0 Å². The molecule has 3 aromatic rings. The fraction of sp³-hybridized carbons (Fsp3) is 0.250. The van der Waals surface area contributed by atoms with Crippen LogP contribution in [0.15, 0.2) is 41.0 Å². The van der Waals surface area contributed by atoms with E-state index in [-0.39, 0.29) is 5.91 Å². The standard InChI is InChI=1S/C20H21NO2/c1-12-8-14(3)20-16(11-23-18(20)9-12)10-19(22)21-17-7-5-6-13(2)15(17)4/h5-9,11H,10H2,1-4H3,(H,21,22). The number of hydrogen-bond acceptors (Lipinski definition) is 2. The van der Waals surface area contributed by atoms with Gasteiger partial charge in [0.25, 0.3) is 0 Å². The first-order valence-electron chi connectivity index (χ1n) is 7.79. The Labute approximate surface area is 136 Å². The molecule has 0 atom stereocenters. The predicted molar refractivity (Wildman–Crippen MR) is 93.9 cm³/mol. The van der Waals surface area contributed by atoms with Crippen molar-refractivity contribution in [1.29, 1.82) is 0 Å². The monoisotopic (exact) mass is 307 g/mol. The lowest BCUT2D eigenvalue weighted by Crippen LogP contribution is -2.15. The van der Waals surface area contributed by atoms with Crippen molar-refractivity contribution in [2.45, 2.75) is 34.1 Å². The van der Waals surface area contributed by atoms with Gasteiger partial charge in [-0.05, 0) is 62.1 Å². The number of furan rings is 1. The normalized spacial score (nSPS) is 11.0. The minimum absolute atomic E-state index is 0.0265. The van der Waals surface area contributed by atoms with Gasteiger partial charge in [-0.3, -0.25) is 4.79 Å². The van der Waals surface area contributed by atoms with Crippen molar-refractivity contribution in [3.63, 3.8) is 0 Å². The molecule has 0 unspecified atom stereocenters. The number of rotatable bonds is 3. The highest BCUT2D eigenvalue weighted by Crippen LogP contribution is 2.27. The van der Waals surface area contributed by atoms with Crippen molar-refractivity contribution in [3.05, 3.63) is 64.4 Å². The van der Waals surface area contributed by atoms with Gasteiger partial charge in [0.15, 0.2) is 0 Å². The number of hydrogen-bond donors (Lipinski definition) is 1. The molecule has 0 aliphatic rings. The van der Waals surface area contributed by atoms with Gasteiger partial charge in [-0.2, -0.15) is 0 Å². The van der Waals surface area contributed by atoms with E-state index in [1.54, 1.807) is 6.26 Å². The largest absolute Gasteiger partial charge is 0.464 e. The smallest absolute Gasteiger partial charge is 0.228 e. The Bertz CT molecular complexity index is 890. The zero-order valence-electron chi connectivity index (χ0n) is 14.0. The predicted octanol–water partition coefficient (Wildman–Crippen LogP) is 4.85. The lowest BCUT2D eigenvalue weighted by Gasteiger charge is -2.10. The number of benzene rings is 2. The summed E-state index contributed by atoms with van der Waals surface area (Å²) < 4.78 is 5.62. The summed E-state index contributed by atoms with van der Waals surface area (Å²) in [6.07, 6.45) is 2.00. The third kappa shape index (κ3) is 3.00. The van der Waals surface area contributed by atoms with E-state index in [0.29, 0.717) is 6.42 Å². The first-order valence-corrected chi connectivity index (χ1v) is 7.79. The highest BCUT2D eigenvalue weighted by Gasteiger charge is 2.14. The van der Waals surface area contributed by atoms with Crippen LogP contribution in [0.3, 0.4) is 0 Å². The van der Waals surface area contributed by atoms with E-state index in [4.69, 9.17) is 4.42 Å². The summed E-state index contributed by atoms with van der Waals surface area (Å²) in [5.41, 5.74) is 7.22. The van der Waals surface area contributed by atoms with E-state index in [0.717, 1.165) is 38.9 Å². The molecule has 0 bridgehead atoms. The lowest BCUT2D eigenvalue weighted by atomic mass is 10.0. The Morgan fingerprint density at radius 1 is 1.09 bits per heavy atom. The minimum atomic E-state index is -0.0265. The van der Waals surface area contributed by atoms with E-state index in [2.05, 4.69) is 18.3 Å². The van der Waals surface area contributed by atoms with E-state index >= 15 is 0 Å². The van der Waals surface area contributed by atoms with Crippen molar-refractivity contribution in [3.8, 4) is 0 Å². The quantitative estimate of drug-likeness (QED) is 0.751. The van der Waals surface area contributed by atoms with Crippen LogP contribution in [0.4, 0.5) is 5.69 Å². The van der Waals surface area contributed by atoms with Gasteiger partial charge in [0.1, 0.15) is 5.58 Å². The molecule has 0 spiro atoms. The van der Waals surface area contributed by atoms with E-state index in [1.165, 1.54) is 5.56 Å². The van der Waals surface area contributed by atoms with Gasteiger partial charge in [0, 0.05) is 16.6 Å². The average molecular weight is 307 g/mol. The van der Waals surface area contributed by atoms with Crippen LogP contribution in [0.5, 0.6) is 0 Å². The van der Waals surface area contributed by atoms with Crippen LogP contribution in [0, 0.1) is 27.7 Å². The van der Waals surface area contributed by atoms with Crippen LogP contribution in [0.2, 0.25) is 0 Å². The van der Waals surface area contributed by atoms with Gasteiger partial charge in [-0.1, -0.05) is 18.2 Å². The van der Waals surface area contributed by atoms with Crippen molar-refractivity contribution in [2.75, 3.05) is 5.32 Å². The first kappa shape index (κ1) is 15.3. The molecular formula is C20H21NO2. The third-order valence-electron chi connectivity index (χ3n) is 4.32. The maximum atomic E-state index is 12.4. The Morgan fingerprint density at radius 3 is 2.65 bits per heavy atom. The molecule has 0 aliphatic carbocycles. The minimum Gasteiger partial charge on any atom is -0.464 e. The molecule has 1 N–H and O–H groups in total. The Kier molecular flexibility index (Phi) is 3.95. The van der Waals surface area contributed by atoms with E-state index in [9.17, 15) is 4.79 Å². The van der Waals surface area contributed by atoms with E-state index in [1.807, 2.05) is 45.0 Å². The Morgan fingerprint density at radius 2 is 1.87 bits per heavy atom. The molecule has 2 aromatic carbocycles. The summed E-state index contributed by atoms with van der Waals surface area (Å²) in [6, 6.07) is 10.1. The number of anilines is 1. The lowest BCUT2D eigenvalue weighted by molar-refractivity contribution is -0.115. The van der Waals surface area contributed by atoms with Gasteiger partial charge < -0.3 is 9.73 Å². The highest BCUT2D eigenvalue weighted by atomic mass is 16.3. The molecule has 0 fully saturated rings. The molecule has 0 aliphatic heterocycles. The Balaban J connectivity index is 1.85. The zero-order valence-corrected chi connectivity index (χ0v) is 14.0. The van der Waals surface area contributed by atoms with Crippen molar-refractivity contribution < 1.29 is 9.21 Å². The number of aryl methyl sites for hydroxylation is 3. The molecule has 0 saturated heterocycles. The molecule has 23 heavy (non-hydrogen) atoms. The maximum Gasteiger partial charge on any atom is 0.228 e. The molecule has 0 saturated carbocycles. The maximum absolute atomic E-state index is 12.4. The van der Waals surface area contributed by atoms with Crippen LogP contribution >= 0.6 is 0 Å². The van der Waals surface area contributed by atoms with Crippen LogP contribution in [0.1, 0.15) is 27.8 Å². The summed E-state index contributed by atoms with van der Waals surface area (Å²) >= 11 is 0. The fourth-order valence-corrected chi connectivity index (χ4v) is 3.01. The summed E-state index contributed by atoms with van der Waals surface area (Å²) in [6.45, 7) is 8.16. The molecule has 118 valence electrons. The summed E-state index contributed by atoms with van der Waals surface area (Å²) in [7, 11) is 0. The second-order valence-corrected chi connectivity index (χ2v) is 6.19. The van der Waals surface area contributed by atoms with Gasteiger partial charge in [-0.15, -0.1) is 0 Å². The molecule has 1 heterocycles. The number of nitrogens with one attached hydrogen (secondary N) is 1. The molecular weight excluding hydrogens is 286 g/mol. The number of fused-ring (bicyclic) bond motifs is 1. The fourth-order valence-electron chi connectivity index (χ4n) is 3.01. The second kappa shape index (κ2) is 5.92. The van der Waals surface area contributed by atoms with Crippen LogP contribution in [-0.2, 0) is 11.2 Å². The summed E-state index contributed by atoms with van der Waals surface area (Å²) in [5.74, 6) is -0.0265. The molecule has 1 amide bonds. The van der Waals surface area contributed by atoms with Crippen LogP contribution in [0.25, 0.3) is 11.0 Å². The zero-order chi connectivity index (χ0) is 16.6. The Hall–Kier alpha value is -2.55. The third-order valence-corrected chi connectivity index (χ3v) is 4.32. The SMILES string of the molecule is Cc1cc(C)c2c(CC(=O)Nc3cccc(C)c3C)coc2c1. The van der Waals surface area contributed by atoms with Crippen LogP contribution < -0.4 is 5.32 Å². The van der Waals surface area contributed by atoms with Gasteiger partial charge in [0.2, 0.25) is 5.91 Å².